The molecule has 2 aliphatic rings. The SMILES string of the molecule is COc1ccc(Br)cc1/C=C/C(=O)N1CCN(c2ccc([N+](=O)[O-])c(N3CCCCC3)c2)CC1. The molecule has 180 valence electrons. The number of hydrogen-bond donors (Lipinski definition) is 0. The minimum atomic E-state index is -0.295. The second-order valence-corrected chi connectivity index (χ2v) is 9.43. The van der Waals surface area contributed by atoms with Crippen LogP contribution < -0.4 is 14.5 Å². The molecule has 2 saturated heterocycles. The maximum absolute atomic E-state index is 12.8. The molecule has 0 N–H and O–H groups in total. The van der Waals surface area contributed by atoms with Crippen molar-refractivity contribution in [3.63, 3.8) is 0 Å². The van der Waals surface area contributed by atoms with Crippen molar-refractivity contribution in [1.29, 1.82) is 0 Å². The van der Waals surface area contributed by atoms with Gasteiger partial charge in [-0.3, -0.25) is 14.9 Å². The molecular weight excluding hydrogens is 500 g/mol. The first-order valence-corrected chi connectivity index (χ1v) is 12.3. The Balaban J connectivity index is 1.42. The molecule has 0 unspecified atom stereocenters. The molecule has 2 heterocycles. The number of nitrogens with zero attached hydrogens (tertiary/aromatic N) is 4. The molecule has 0 saturated carbocycles. The summed E-state index contributed by atoms with van der Waals surface area (Å²) in [6, 6.07) is 11.0. The van der Waals surface area contributed by atoms with E-state index < -0.39 is 0 Å². The molecule has 0 aliphatic carbocycles. The number of piperidine rings is 1. The second-order valence-electron chi connectivity index (χ2n) is 8.51. The Morgan fingerprint density at radius 3 is 2.41 bits per heavy atom. The van der Waals surface area contributed by atoms with Gasteiger partial charge in [0.05, 0.1) is 12.0 Å². The standard InChI is InChI=1S/C25H29BrN4O4/c1-34-24-9-6-20(26)17-19(24)5-10-25(31)29-15-13-27(14-16-29)21-7-8-22(30(32)33)23(18-21)28-11-3-2-4-12-28/h5-10,17-18H,2-4,11-16H2,1H3/b10-5+. The Kier molecular flexibility index (Phi) is 7.72. The van der Waals surface area contributed by atoms with Crippen molar-refractivity contribution in [2.24, 2.45) is 0 Å². The zero-order valence-corrected chi connectivity index (χ0v) is 20.9. The lowest BCUT2D eigenvalue weighted by Gasteiger charge is -2.36. The van der Waals surface area contributed by atoms with Gasteiger partial charge < -0.3 is 19.4 Å². The zero-order valence-electron chi connectivity index (χ0n) is 19.3. The molecule has 0 atom stereocenters. The molecular formula is C25H29BrN4O4. The van der Waals surface area contributed by atoms with Gasteiger partial charge in [0.2, 0.25) is 5.91 Å². The number of benzene rings is 2. The lowest BCUT2D eigenvalue weighted by atomic mass is 10.1. The highest BCUT2D eigenvalue weighted by molar-refractivity contribution is 9.10. The Bertz CT molecular complexity index is 1080. The number of ether oxygens (including phenoxy) is 1. The van der Waals surface area contributed by atoms with Crippen molar-refractivity contribution < 1.29 is 14.5 Å². The summed E-state index contributed by atoms with van der Waals surface area (Å²) in [5.41, 5.74) is 2.66. The first-order valence-electron chi connectivity index (χ1n) is 11.5. The van der Waals surface area contributed by atoms with Crippen molar-refractivity contribution in [2.75, 3.05) is 56.2 Å². The summed E-state index contributed by atoms with van der Waals surface area (Å²) >= 11 is 3.45. The number of rotatable bonds is 6. The van der Waals surface area contributed by atoms with Gasteiger partial charge in [-0.05, 0) is 55.7 Å². The van der Waals surface area contributed by atoms with E-state index >= 15 is 0 Å². The minimum absolute atomic E-state index is 0.0422. The minimum Gasteiger partial charge on any atom is -0.496 e. The molecule has 0 radical (unpaired) electrons. The van der Waals surface area contributed by atoms with E-state index in [2.05, 4.69) is 25.7 Å². The van der Waals surface area contributed by atoms with Gasteiger partial charge in [0.1, 0.15) is 11.4 Å². The van der Waals surface area contributed by atoms with Crippen molar-refractivity contribution >= 4 is 45.0 Å². The Morgan fingerprint density at radius 1 is 1.00 bits per heavy atom. The van der Waals surface area contributed by atoms with E-state index in [1.165, 1.54) is 6.42 Å². The van der Waals surface area contributed by atoms with Gasteiger partial charge in [-0.15, -0.1) is 0 Å². The third kappa shape index (κ3) is 5.52. The molecule has 2 aromatic carbocycles. The summed E-state index contributed by atoms with van der Waals surface area (Å²) in [5, 5.41) is 11.6. The van der Waals surface area contributed by atoms with Crippen molar-refractivity contribution in [3.8, 4) is 5.75 Å². The van der Waals surface area contributed by atoms with Gasteiger partial charge >= 0.3 is 0 Å². The predicted octanol–water partition coefficient (Wildman–Crippen LogP) is 4.72. The molecule has 1 amide bonds. The largest absolute Gasteiger partial charge is 0.496 e. The van der Waals surface area contributed by atoms with Crippen molar-refractivity contribution in [1.82, 2.24) is 4.90 Å². The molecule has 2 aliphatic heterocycles. The Morgan fingerprint density at radius 2 is 1.74 bits per heavy atom. The monoisotopic (exact) mass is 528 g/mol. The zero-order chi connectivity index (χ0) is 24.1. The summed E-state index contributed by atoms with van der Waals surface area (Å²) in [6.07, 6.45) is 6.64. The fourth-order valence-electron chi connectivity index (χ4n) is 4.54. The van der Waals surface area contributed by atoms with Crippen LogP contribution in [0.4, 0.5) is 17.1 Å². The molecule has 0 aromatic heterocycles. The fourth-order valence-corrected chi connectivity index (χ4v) is 4.92. The van der Waals surface area contributed by atoms with Crippen LogP contribution in [0.25, 0.3) is 6.08 Å². The van der Waals surface area contributed by atoms with Crippen LogP contribution in [0.3, 0.4) is 0 Å². The van der Waals surface area contributed by atoms with E-state index in [4.69, 9.17) is 4.74 Å². The Hall–Kier alpha value is -3.07. The van der Waals surface area contributed by atoms with E-state index in [0.717, 1.165) is 41.7 Å². The van der Waals surface area contributed by atoms with E-state index in [1.54, 1.807) is 25.3 Å². The highest BCUT2D eigenvalue weighted by Gasteiger charge is 2.25. The van der Waals surface area contributed by atoms with E-state index in [1.807, 2.05) is 35.2 Å². The molecule has 8 nitrogen and oxygen atoms in total. The second kappa shape index (κ2) is 10.9. The summed E-state index contributed by atoms with van der Waals surface area (Å²) in [5.74, 6) is 0.666. The molecule has 9 heteroatoms. The third-order valence-electron chi connectivity index (χ3n) is 6.41. The first-order chi connectivity index (χ1) is 16.5. The van der Waals surface area contributed by atoms with Crippen LogP contribution in [-0.2, 0) is 4.79 Å². The smallest absolute Gasteiger partial charge is 0.292 e. The fraction of sp³-hybridized carbons (Fsp3) is 0.400. The molecule has 34 heavy (non-hydrogen) atoms. The molecule has 2 aromatic rings. The van der Waals surface area contributed by atoms with E-state index in [-0.39, 0.29) is 16.5 Å². The number of methoxy groups -OCH3 is 1. The maximum atomic E-state index is 12.8. The van der Waals surface area contributed by atoms with Crippen molar-refractivity contribution in [3.05, 3.63) is 62.6 Å². The lowest BCUT2D eigenvalue weighted by Crippen LogP contribution is -2.48. The summed E-state index contributed by atoms with van der Waals surface area (Å²) in [6.45, 7) is 4.24. The quantitative estimate of drug-likeness (QED) is 0.306. The van der Waals surface area contributed by atoms with Crippen LogP contribution in [0, 0.1) is 10.1 Å². The first kappa shape index (κ1) is 24.1. The van der Waals surface area contributed by atoms with Crippen LogP contribution >= 0.6 is 15.9 Å². The van der Waals surface area contributed by atoms with Crippen LogP contribution in [0.1, 0.15) is 24.8 Å². The number of nitro groups is 1. The van der Waals surface area contributed by atoms with Gasteiger partial charge in [0.25, 0.3) is 5.69 Å². The summed E-state index contributed by atoms with van der Waals surface area (Å²) in [4.78, 5) is 30.2. The average molecular weight is 529 g/mol. The number of carbonyl (C=O) groups is 1. The number of amides is 1. The number of piperazine rings is 1. The van der Waals surface area contributed by atoms with E-state index in [0.29, 0.717) is 37.6 Å². The third-order valence-corrected chi connectivity index (χ3v) is 6.90. The van der Waals surface area contributed by atoms with Crippen LogP contribution in [0.2, 0.25) is 0 Å². The van der Waals surface area contributed by atoms with Gasteiger partial charge in [-0.2, -0.15) is 0 Å². The van der Waals surface area contributed by atoms with Gasteiger partial charge in [0, 0.05) is 67.1 Å². The van der Waals surface area contributed by atoms with Crippen molar-refractivity contribution in [2.45, 2.75) is 19.3 Å². The van der Waals surface area contributed by atoms with Crippen LogP contribution in [0.5, 0.6) is 5.75 Å². The molecule has 4 rings (SSSR count). The number of carbonyl (C=O) groups excluding carboxylic acids is 1. The highest BCUT2D eigenvalue weighted by Crippen LogP contribution is 2.34. The Labute approximate surface area is 208 Å². The molecule has 2 fully saturated rings. The van der Waals surface area contributed by atoms with Gasteiger partial charge in [-0.25, -0.2) is 0 Å². The lowest BCUT2D eigenvalue weighted by molar-refractivity contribution is -0.384. The number of halogens is 1. The predicted molar refractivity (Wildman–Crippen MR) is 138 cm³/mol. The van der Waals surface area contributed by atoms with Crippen LogP contribution in [0.15, 0.2) is 46.9 Å². The average Bonchev–Trinajstić information content (AvgIpc) is 2.87. The molecule has 0 bridgehead atoms. The highest BCUT2D eigenvalue weighted by atomic mass is 79.9. The van der Waals surface area contributed by atoms with Crippen LogP contribution in [-0.4, -0.2) is 62.1 Å². The topological polar surface area (TPSA) is 79.2 Å². The maximum Gasteiger partial charge on any atom is 0.292 e. The summed E-state index contributed by atoms with van der Waals surface area (Å²) in [7, 11) is 1.61. The number of anilines is 2. The molecule has 0 spiro atoms. The van der Waals surface area contributed by atoms with Gasteiger partial charge in [-0.1, -0.05) is 15.9 Å². The number of nitro benzene ring substituents is 1. The number of hydrogen-bond acceptors (Lipinski definition) is 6. The summed E-state index contributed by atoms with van der Waals surface area (Å²) < 4.78 is 6.29. The van der Waals surface area contributed by atoms with E-state index in [9.17, 15) is 14.9 Å². The van der Waals surface area contributed by atoms with Gasteiger partial charge in [0.15, 0.2) is 0 Å². The normalized spacial score (nSPS) is 16.7.